The number of ketones is 1. The number of rotatable bonds is 6. The number of benzene rings is 1. The molecule has 5 fully saturated rings. The Morgan fingerprint density at radius 3 is 2.48 bits per heavy atom. The van der Waals surface area contributed by atoms with Crippen LogP contribution in [0.5, 0.6) is 5.75 Å². The first-order valence-electron chi connectivity index (χ1n) is 18.9. The highest BCUT2D eigenvalue weighted by atomic mass is 16.6. The fourth-order valence-electron chi connectivity index (χ4n) is 13.3. The molecule has 7 nitrogen and oxygen atoms in total. The number of carbonyl (C=O) groups excluding carboxylic acids is 1. The SMILES string of the molecule is CC(C)[C@@H](C)[C@@H]1O[C@H]1[C@@]1(O)CC=C[C@@H]2C[C@H]3C(=CC(=O)[C@@H]4C[C@@H](O)[C@@H](O)C5(CCCC5)[C@@]43C)[C@]3(O)CC[C@H]1[C@@]23CCc1cccc(O)c1. The zero-order valence-electron chi connectivity index (χ0n) is 29.1. The molecular weight excluding hydrogens is 604 g/mol. The second-order valence-corrected chi connectivity index (χ2v) is 17.8. The van der Waals surface area contributed by atoms with Crippen molar-refractivity contribution in [3.63, 3.8) is 0 Å². The van der Waals surface area contributed by atoms with Crippen molar-refractivity contribution in [2.24, 2.45) is 51.8 Å². The van der Waals surface area contributed by atoms with Gasteiger partial charge in [0.25, 0.3) is 0 Å². The van der Waals surface area contributed by atoms with Gasteiger partial charge in [-0.2, -0.15) is 0 Å². The number of hydrogen-bond donors (Lipinski definition) is 5. The van der Waals surface area contributed by atoms with Crippen LogP contribution >= 0.6 is 0 Å². The Kier molecular flexibility index (Phi) is 7.58. The average Bonchev–Trinajstić information content (AvgIpc) is 3.61. The molecule has 1 aromatic rings. The molecular formula is C41H56O7. The molecule has 4 saturated carbocycles. The summed E-state index contributed by atoms with van der Waals surface area (Å²) in [6, 6.07) is 7.33. The van der Waals surface area contributed by atoms with Crippen molar-refractivity contribution >= 4 is 5.78 Å². The Morgan fingerprint density at radius 2 is 1.77 bits per heavy atom. The summed E-state index contributed by atoms with van der Waals surface area (Å²) in [5.41, 5.74) is -2.70. The minimum Gasteiger partial charge on any atom is -0.508 e. The molecule has 7 heteroatoms. The normalized spacial score (nSPS) is 47.7. The Bertz CT molecular complexity index is 1530. The van der Waals surface area contributed by atoms with Gasteiger partial charge in [-0.05, 0) is 116 Å². The molecule has 1 heterocycles. The summed E-state index contributed by atoms with van der Waals surface area (Å²) in [6.45, 7) is 8.80. The zero-order valence-corrected chi connectivity index (χ0v) is 29.1. The molecule has 0 amide bonds. The molecule has 1 spiro atoms. The highest BCUT2D eigenvalue weighted by Crippen LogP contribution is 2.76. The third-order valence-corrected chi connectivity index (χ3v) is 16.0. The van der Waals surface area contributed by atoms with Crippen molar-refractivity contribution in [2.75, 3.05) is 0 Å². The van der Waals surface area contributed by atoms with E-state index in [-0.39, 0.29) is 53.8 Å². The van der Waals surface area contributed by atoms with Gasteiger partial charge in [0.2, 0.25) is 0 Å². The van der Waals surface area contributed by atoms with Gasteiger partial charge in [0, 0.05) is 22.7 Å². The molecule has 0 radical (unpaired) electrons. The number of phenols is 1. The molecule has 262 valence electrons. The van der Waals surface area contributed by atoms with Gasteiger partial charge in [0.15, 0.2) is 5.78 Å². The monoisotopic (exact) mass is 660 g/mol. The largest absolute Gasteiger partial charge is 0.508 e. The second-order valence-electron chi connectivity index (χ2n) is 17.8. The van der Waals surface area contributed by atoms with E-state index in [1.165, 1.54) is 0 Å². The van der Waals surface area contributed by atoms with Crippen LogP contribution in [0.3, 0.4) is 0 Å². The Labute approximate surface area is 285 Å². The van der Waals surface area contributed by atoms with Crippen LogP contribution in [0.15, 0.2) is 48.1 Å². The highest BCUT2D eigenvalue weighted by Gasteiger charge is 2.77. The Balaban J connectivity index is 1.28. The van der Waals surface area contributed by atoms with Gasteiger partial charge in [0.05, 0.1) is 23.9 Å². The summed E-state index contributed by atoms with van der Waals surface area (Å²) in [6.07, 6.45) is 11.2. The first-order valence-corrected chi connectivity index (χ1v) is 18.9. The number of epoxide rings is 1. The summed E-state index contributed by atoms with van der Waals surface area (Å²) >= 11 is 0. The van der Waals surface area contributed by atoms with E-state index in [0.717, 1.165) is 43.2 Å². The number of aliphatic hydroxyl groups is 4. The summed E-state index contributed by atoms with van der Waals surface area (Å²) in [5, 5.41) is 59.9. The second kappa shape index (κ2) is 11.0. The van der Waals surface area contributed by atoms with Gasteiger partial charge in [-0.1, -0.05) is 64.8 Å². The van der Waals surface area contributed by atoms with E-state index in [1.54, 1.807) is 18.2 Å². The molecule has 5 N–H and O–H groups in total. The third-order valence-electron chi connectivity index (χ3n) is 16.0. The fraction of sp³-hybridized carbons (Fsp3) is 0.732. The van der Waals surface area contributed by atoms with Crippen LogP contribution in [0, 0.1) is 51.8 Å². The number of ether oxygens (including phenoxy) is 1. The van der Waals surface area contributed by atoms with E-state index in [0.29, 0.717) is 38.0 Å². The van der Waals surface area contributed by atoms with Crippen LogP contribution < -0.4 is 0 Å². The maximum Gasteiger partial charge on any atom is 0.159 e. The third kappa shape index (κ3) is 4.14. The van der Waals surface area contributed by atoms with E-state index in [2.05, 4.69) is 39.8 Å². The van der Waals surface area contributed by atoms with E-state index in [4.69, 9.17) is 4.74 Å². The Morgan fingerprint density at radius 1 is 1.02 bits per heavy atom. The highest BCUT2D eigenvalue weighted by molar-refractivity contribution is 5.95. The number of fused-ring (bicyclic) bond motifs is 5. The van der Waals surface area contributed by atoms with E-state index in [9.17, 15) is 30.3 Å². The lowest BCUT2D eigenvalue weighted by molar-refractivity contribution is -0.225. The summed E-state index contributed by atoms with van der Waals surface area (Å²) in [4.78, 5) is 14.4. The molecule has 8 rings (SSSR count). The van der Waals surface area contributed by atoms with Crippen LogP contribution in [0.2, 0.25) is 0 Å². The predicted octanol–water partition coefficient (Wildman–Crippen LogP) is 5.66. The number of hydrogen-bond acceptors (Lipinski definition) is 7. The number of phenolic OH excluding ortho intramolecular Hbond substituents is 1. The zero-order chi connectivity index (χ0) is 34.0. The lowest BCUT2D eigenvalue weighted by Gasteiger charge is -2.68. The number of aryl methyl sites for hydroxylation is 1. The van der Waals surface area contributed by atoms with Gasteiger partial charge in [-0.3, -0.25) is 4.79 Å². The average molecular weight is 661 g/mol. The van der Waals surface area contributed by atoms with Crippen LogP contribution in [-0.2, 0) is 16.0 Å². The van der Waals surface area contributed by atoms with Crippen molar-refractivity contribution < 1.29 is 35.1 Å². The smallest absolute Gasteiger partial charge is 0.159 e. The molecule has 1 aliphatic heterocycles. The van der Waals surface area contributed by atoms with Gasteiger partial charge in [-0.15, -0.1) is 0 Å². The topological polar surface area (TPSA) is 131 Å². The van der Waals surface area contributed by atoms with Crippen molar-refractivity contribution in [3.8, 4) is 5.75 Å². The lowest BCUT2D eigenvalue weighted by atomic mass is 9.37. The number of carbonyl (C=O) groups is 1. The van der Waals surface area contributed by atoms with Crippen LogP contribution in [0.1, 0.15) is 97.5 Å². The molecule has 6 aliphatic carbocycles. The van der Waals surface area contributed by atoms with Gasteiger partial charge in [-0.25, -0.2) is 0 Å². The summed E-state index contributed by atoms with van der Waals surface area (Å²) in [5.74, 6) is -0.00581. The van der Waals surface area contributed by atoms with Crippen molar-refractivity contribution in [3.05, 3.63) is 53.6 Å². The molecule has 7 aliphatic rings. The van der Waals surface area contributed by atoms with Crippen molar-refractivity contribution in [1.29, 1.82) is 0 Å². The quantitative estimate of drug-likeness (QED) is 0.197. The number of aromatic hydroxyl groups is 1. The fourth-order valence-corrected chi connectivity index (χ4v) is 13.3. The van der Waals surface area contributed by atoms with Crippen molar-refractivity contribution in [1.82, 2.24) is 0 Å². The summed E-state index contributed by atoms with van der Waals surface area (Å²) in [7, 11) is 0. The maximum atomic E-state index is 14.4. The van der Waals surface area contributed by atoms with Gasteiger partial charge >= 0.3 is 0 Å². The maximum absolute atomic E-state index is 14.4. The molecule has 48 heavy (non-hydrogen) atoms. The molecule has 0 unspecified atom stereocenters. The number of allylic oxidation sites excluding steroid dienone is 2. The predicted molar refractivity (Wildman–Crippen MR) is 182 cm³/mol. The summed E-state index contributed by atoms with van der Waals surface area (Å²) < 4.78 is 6.40. The minimum atomic E-state index is -1.34. The van der Waals surface area contributed by atoms with E-state index < -0.39 is 45.6 Å². The molecule has 0 bridgehead atoms. The van der Waals surface area contributed by atoms with E-state index in [1.807, 2.05) is 12.1 Å². The van der Waals surface area contributed by atoms with Crippen LogP contribution in [0.25, 0.3) is 0 Å². The van der Waals surface area contributed by atoms with Crippen LogP contribution in [0.4, 0.5) is 0 Å². The standard InChI is InChI=1S/C41H56O7/c1-23(2)24(3)34-36(48-34)40(46)16-8-10-26-20-28-29(21-31(43)30-22-32(44)35(45)38(37(28,30)4)14-5-6-15-38)41(47)18-13-33(40)39(26,41)17-12-25-9-7-11-27(42)19-25/h7-11,19,21,23-24,26,28,30,32-36,42,44-47H,5-6,12-18,20,22H2,1-4H3/t24-,26-,28+,30+,32-,33+,34+,35-,36-,37-,39-,40-,41-/m1/s1. The first kappa shape index (κ1) is 33.1. The minimum absolute atomic E-state index is 0.0322. The first-order chi connectivity index (χ1) is 22.7. The number of aliphatic hydroxyl groups excluding tert-OH is 2. The van der Waals surface area contributed by atoms with Gasteiger partial charge in [0.1, 0.15) is 17.5 Å². The van der Waals surface area contributed by atoms with Gasteiger partial charge < -0.3 is 30.3 Å². The van der Waals surface area contributed by atoms with E-state index >= 15 is 0 Å². The Hall–Kier alpha value is -2.03. The molecule has 1 aromatic carbocycles. The molecule has 13 atom stereocenters. The molecule has 1 saturated heterocycles. The molecule has 0 aromatic heterocycles. The van der Waals surface area contributed by atoms with Crippen molar-refractivity contribution in [2.45, 2.75) is 134 Å². The van der Waals surface area contributed by atoms with Crippen LogP contribution in [-0.4, -0.2) is 66.9 Å². The lowest BCUT2D eigenvalue weighted by Crippen LogP contribution is -2.70.